The highest BCUT2D eigenvalue weighted by Crippen LogP contribution is 2.23. The van der Waals surface area contributed by atoms with Crippen molar-refractivity contribution >= 4 is 22.1 Å². The van der Waals surface area contributed by atoms with E-state index >= 15 is 0 Å². The zero-order chi connectivity index (χ0) is 14.4. The van der Waals surface area contributed by atoms with Crippen molar-refractivity contribution in [2.24, 2.45) is 0 Å². The number of imidazole rings is 1. The minimum Gasteiger partial charge on any atom is -0.279 e. The Labute approximate surface area is 122 Å². The van der Waals surface area contributed by atoms with Gasteiger partial charge < -0.3 is 0 Å². The van der Waals surface area contributed by atoms with E-state index in [1.54, 1.807) is 0 Å². The van der Waals surface area contributed by atoms with Crippen molar-refractivity contribution in [3.05, 3.63) is 60.0 Å². The van der Waals surface area contributed by atoms with Crippen molar-refractivity contribution < 1.29 is 0 Å². The van der Waals surface area contributed by atoms with Crippen molar-refractivity contribution in [3.8, 4) is 5.82 Å². The van der Waals surface area contributed by atoms with Gasteiger partial charge in [0.1, 0.15) is 5.82 Å². The molecule has 0 amide bonds. The molecule has 0 radical (unpaired) electrons. The zero-order valence-corrected chi connectivity index (χ0v) is 11.9. The Hall–Kier alpha value is -2.75. The van der Waals surface area contributed by atoms with E-state index in [9.17, 15) is 0 Å². The third kappa shape index (κ3) is 1.80. The predicted octanol–water partition coefficient (Wildman–Crippen LogP) is 3.59. The molecule has 2 aromatic carbocycles. The van der Waals surface area contributed by atoms with Gasteiger partial charge in [-0.1, -0.05) is 24.3 Å². The summed E-state index contributed by atoms with van der Waals surface area (Å²) >= 11 is 0. The average Bonchev–Trinajstić information content (AvgIpc) is 2.82. The molecular weight excluding hydrogens is 260 g/mol. The first kappa shape index (κ1) is 12.0. The minimum atomic E-state index is 0.847. The highest BCUT2D eigenvalue weighted by atomic mass is 15.1. The third-order valence-electron chi connectivity index (χ3n) is 3.66. The Bertz CT molecular complexity index is 969. The van der Waals surface area contributed by atoms with Gasteiger partial charge in [0, 0.05) is 0 Å². The second-order valence-electron chi connectivity index (χ2n) is 5.10. The smallest absolute Gasteiger partial charge is 0.160 e. The van der Waals surface area contributed by atoms with Gasteiger partial charge in [0.05, 0.1) is 27.8 Å². The van der Waals surface area contributed by atoms with Crippen LogP contribution in [0.4, 0.5) is 0 Å². The summed E-state index contributed by atoms with van der Waals surface area (Å²) in [6, 6.07) is 16.0. The van der Waals surface area contributed by atoms with E-state index in [1.165, 1.54) is 0 Å². The number of aryl methyl sites for hydroxylation is 2. The number of rotatable bonds is 1. The number of aromatic nitrogens is 4. The Balaban J connectivity index is 2.08. The van der Waals surface area contributed by atoms with Crippen LogP contribution in [0.25, 0.3) is 27.9 Å². The fourth-order valence-electron chi connectivity index (χ4n) is 2.70. The lowest BCUT2D eigenvalue weighted by atomic mass is 10.2. The van der Waals surface area contributed by atoms with Gasteiger partial charge in [-0.2, -0.15) is 0 Å². The molecule has 2 aromatic heterocycles. The van der Waals surface area contributed by atoms with Crippen molar-refractivity contribution in [2.75, 3.05) is 0 Å². The standard InChI is InChI=1S/C17H14N4/c1-11-17(20-14-8-4-3-7-13(14)18-11)21-12(2)19-15-9-5-6-10-16(15)21/h3-10H,1-2H3. The maximum Gasteiger partial charge on any atom is 0.160 e. The molecule has 4 aromatic rings. The molecule has 0 aliphatic heterocycles. The van der Waals surface area contributed by atoms with E-state index in [0.29, 0.717) is 0 Å². The van der Waals surface area contributed by atoms with Crippen LogP contribution in [0, 0.1) is 13.8 Å². The number of hydrogen-bond acceptors (Lipinski definition) is 3. The molecule has 0 aliphatic carbocycles. The van der Waals surface area contributed by atoms with Crippen LogP contribution in [0.2, 0.25) is 0 Å². The molecule has 0 saturated carbocycles. The summed E-state index contributed by atoms with van der Waals surface area (Å²) in [7, 11) is 0. The summed E-state index contributed by atoms with van der Waals surface area (Å²) < 4.78 is 2.07. The third-order valence-corrected chi connectivity index (χ3v) is 3.66. The molecule has 4 rings (SSSR count). The number of benzene rings is 2. The van der Waals surface area contributed by atoms with Crippen molar-refractivity contribution in [1.82, 2.24) is 19.5 Å². The molecule has 0 saturated heterocycles. The van der Waals surface area contributed by atoms with Gasteiger partial charge >= 0.3 is 0 Å². The first-order valence-electron chi connectivity index (χ1n) is 6.92. The highest BCUT2D eigenvalue weighted by Gasteiger charge is 2.13. The molecule has 0 spiro atoms. The Kier molecular flexibility index (Phi) is 2.51. The van der Waals surface area contributed by atoms with Gasteiger partial charge in [-0.3, -0.25) is 4.57 Å². The lowest BCUT2D eigenvalue weighted by Crippen LogP contribution is -2.05. The van der Waals surface area contributed by atoms with Gasteiger partial charge in [0.2, 0.25) is 0 Å². The van der Waals surface area contributed by atoms with Crippen molar-refractivity contribution in [2.45, 2.75) is 13.8 Å². The number of nitrogens with zero attached hydrogens (tertiary/aromatic N) is 4. The van der Waals surface area contributed by atoms with Crippen LogP contribution in [0.15, 0.2) is 48.5 Å². The van der Waals surface area contributed by atoms with Gasteiger partial charge in [0.25, 0.3) is 0 Å². The summed E-state index contributed by atoms with van der Waals surface area (Å²) in [5, 5.41) is 0. The average molecular weight is 274 g/mol. The fourth-order valence-corrected chi connectivity index (χ4v) is 2.70. The van der Waals surface area contributed by atoms with Crippen LogP contribution in [0.1, 0.15) is 11.5 Å². The normalized spacial score (nSPS) is 11.3. The molecule has 21 heavy (non-hydrogen) atoms. The van der Waals surface area contributed by atoms with Gasteiger partial charge in [-0.05, 0) is 38.1 Å². The van der Waals surface area contributed by atoms with Crippen molar-refractivity contribution in [1.29, 1.82) is 0 Å². The molecule has 0 bridgehead atoms. The van der Waals surface area contributed by atoms with Gasteiger partial charge in [0.15, 0.2) is 5.82 Å². The van der Waals surface area contributed by atoms with E-state index in [4.69, 9.17) is 4.98 Å². The zero-order valence-electron chi connectivity index (χ0n) is 11.9. The molecule has 0 N–H and O–H groups in total. The molecular formula is C17H14N4. The molecule has 0 unspecified atom stereocenters. The molecule has 0 aliphatic rings. The van der Waals surface area contributed by atoms with Crippen LogP contribution < -0.4 is 0 Å². The molecule has 2 heterocycles. The SMILES string of the molecule is Cc1nc2ccccc2nc1-n1c(C)nc2ccccc21. The number of fused-ring (bicyclic) bond motifs is 2. The Morgan fingerprint density at radius 3 is 2.10 bits per heavy atom. The Morgan fingerprint density at radius 2 is 1.33 bits per heavy atom. The number of para-hydroxylation sites is 4. The second kappa shape index (κ2) is 4.38. The first-order valence-corrected chi connectivity index (χ1v) is 6.92. The maximum absolute atomic E-state index is 4.79. The first-order chi connectivity index (χ1) is 10.2. The predicted molar refractivity (Wildman–Crippen MR) is 83.6 cm³/mol. The monoisotopic (exact) mass is 274 g/mol. The topological polar surface area (TPSA) is 43.6 Å². The summed E-state index contributed by atoms with van der Waals surface area (Å²) in [6.45, 7) is 3.99. The van der Waals surface area contributed by atoms with Crippen molar-refractivity contribution in [3.63, 3.8) is 0 Å². The van der Waals surface area contributed by atoms with E-state index in [-0.39, 0.29) is 0 Å². The highest BCUT2D eigenvalue weighted by molar-refractivity contribution is 5.80. The summed E-state index contributed by atoms with van der Waals surface area (Å²) in [4.78, 5) is 14.1. The summed E-state index contributed by atoms with van der Waals surface area (Å²) in [5.41, 5.74) is 4.75. The Morgan fingerprint density at radius 1 is 0.714 bits per heavy atom. The van der Waals surface area contributed by atoms with Crippen LogP contribution in [-0.2, 0) is 0 Å². The summed E-state index contributed by atoms with van der Waals surface area (Å²) in [5.74, 6) is 1.77. The van der Waals surface area contributed by atoms with E-state index < -0.39 is 0 Å². The largest absolute Gasteiger partial charge is 0.279 e. The van der Waals surface area contributed by atoms with E-state index in [2.05, 4.69) is 20.6 Å². The maximum atomic E-state index is 4.79. The number of hydrogen-bond donors (Lipinski definition) is 0. The molecule has 102 valence electrons. The van der Waals surface area contributed by atoms with Gasteiger partial charge in [-0.25, -0.2) is 15.0 Å². The molecule has 4 heteroatoms. The van der Waals surface area contributed by atoms with Crippen LogP contribution >= 0.6 is 0 Å². The van der Waals surface area contributed by atoms with E-state index in [0.717, 1.165) is 39.4 Å². The molecule has 0 atom stereocenters. The lowest BCUT2D eigenvalue weighted by Gasteiger charge is -2.10. The fraction of sp³-hybridized carbons (Fsp3) is 0.118. The lowest BCUT2D eigenvalue weighted by molar-refractivity contribution is 0.935. The van der Waals surface area contributed by atoms with Crippen LogP contribution in [-0.4, -0.2) is 19.5 Å². The van der Waals surface area contributed by atoms with Crippen LogP contribution in [0.3, 0.4) is 0 Å². The quantitative estimate of drug-likeness (QED) is 0.533. The molecule has 4 nitrogen and oxygen atoms in total. The summed E-state index contributed by atoms with van der Waals surface area (Å²) in [6.07, 6.45) is 0. The molecule has 0 fully saturated rings. The second-order valence-corrected chi connectivity index (χ2v) is 5.10. The van der Waals surface area contributed by atoms with Crippen LogP contribution in [0.5, 0.6) is 0 Å². The van der Waals surface area contributed by atoms with Gasteiger partial charge in [-0.15, -0.1) is 0 Å². The minimum absolute atomic E-state index is 0.847. The van der Waals surface area contributed by atoms with E-state index in [1.807, 2.05) is 56.3 Å².